The normalized spacial score (nSPS) is 27.5. The van der Waals surface area contributed by atoms with E-state index < -0.39 is 47.6 Å². The van der Waals surface area contributed by atoms with Crippen LogP contribution >= 0.6 is 11.3 Å². The van der Waals surface area contributed by atoms with Crippen molar-refractivity contribution in [1.29, 1.82) is 0 Å². The molecule has 3 saturated heterocycles. The van der Waals surface area contributed by atoms with Crippen molar-refractivity contribution in [1.82, 2.24) is 25.0 Å². The Hall–Kier alpha value is -2.74. The molecule has 45 heavy (non-hydrogen) atoms. The van der Waals surface area contributed by atoms with Crippen LogP contribution in [0.2, 0.25) is 0 Å². The zero-order valence-electron chi connectivity index (χ0n) is 26.0. The summed E-state index contributed by atoms with van der Waals surface area (Å²) in [6.45, 7) is 7.06. The van der Waals surface area contributed by atoms with Gasteiger partial charge in [-0.25, -0.2) is 0 Å². The molecule has 0 unspecified atom stereocenters. The zero-order chi connectivity index (χ0) is 32.4. The van der Waals surface area contributed by atoms with E-state index in [-0.39, 0.29) is 55.0 Å². The van der Waals surface area contributed by atoms with E-state index in [0.717, 1.165) is 25.7 Å². The van der Waals surface area contributed by atoms with Crippen molar-refractivity contribution >= 4 is 35.0 Å². The Labute approximate surface area is 265 Å². The van der Waals surface area contributed by atoms with Crippen LogP contribution in [0.15, 0.2) is 11.7 Å². The predicted molar refractivity (Wildman–Crippen MR) is 158 cm³/mol. The summed E-state index contributed by atoms with van der Waals surface area (Å²) < 4.78 is 46.7. The molecule has 2 saturated carbocycles. The van der Waals surface area contributed by atoms with Crippen LogP contribution in [-0.2, 0) is 19.1 Å². The average Bonchev–Trinajstić information content (AvgIpc) is 3.74. The Bertz CT molecular complexity index is 1320. The summed E-state index contributed by atoms with van der Waals surface area (Å²) in [7, 11) is 0. The van der Waals surface area contributed by atoms with E-state index >= 15 is 0 Å². The lowest BCUT2D eigenvalue weighted by atomic mass is 9.70. The number of piperidine rings is 1. The third-order valence-electron chi connectivity index (χ3n) is 10.8. The minimum Gasteiger partial charge on any atom is -0.375 e. The molecule has 6 rings (SSSR count). The summed E-state index contributed by atoms with van der Waals surface area (Å²) in [6.07, 6.45) is -0.585. The molecular weight excluding hydrogens is 611 g/mol. The van der Waals surface area contributed by atoms with Gasteiger partial charge in [0.2, 0.25) is 17.7 Å². The Morgan fingerprint density at radius 2 is 1.69 bits per heavy atom. The number of amides is 4. The highest BCUT2D eigenvalue weighted by molar-refractivity contribution is 7.11. The predicted octanol–water partition coefficient (Wildman–Crippen LogP) is 3.33. The van der Waals surface area contributed by atoms with Gasteiger partial charge in [0.15, 0.2) is 0 Å². The second-order valence-corrected chi connectivity index (χ2v) is 15.5. The maximum absolute atomic E-state index is 14.1. The largest absolute Gasteiger partial charge is 0.396 e. The highest BCUT2D eigenvalue weighted by Crippen LogP contribution is 2.58. The van der Waals surface area contributed by atoms with Crippen molar-refractivity contribution in [2.24, 2.45) is 28.1 Å². The molecule has 10 nitrogen and oxygen atoms in total. The van der Waals surface area contributed by atoms with Gasteiger partial charge in [0.1, 0.15) is 10.9 Å². The highest BCUT2D eigenvalue weighted by Gasteiger charge is 2.64. The molecular formula is C31H42F3N5O5S. The van der Waals surface area contributed by atoms with Gasteiger partial charge < -0.3 is 24.8 Å². The van der Waals surface area contributed by atoms with Crippen LogP contribution in [-0.4, -0.2) is 108 Å². The number of hydrogen-bond acceptors (Lipinski definition) is 7. The Kier molecular flexibility index (Phi) is 8.23. The third kappa shape index (κ3) is 6.08. The number of ether oxygens (including phenoxy) is 1. The van der Waals surface area contributed by atoms with E-state index in [1.165, 1.54) is 24.5 Å². The van der Waals surface area contributed by atoms with Crippen molar-refractivity contribution in [2.45, 2.75) is 77.6 Å². The van der Waals surface area contributed by atoms with Crippen molar-refractivity contribution in [2.75, 3.05) is 45.9 Å². The number of carbonyl (C=O) groups is 4. The topological polar surface area (TPSA) is 112 Å². The van der Waals surface area contributed by atoms with Crippen LogP contribution in [0.5, 0.6) is 0 Å². The van der Waals surface area contributed by atoms with Gasteiger partial charge in [-0.1, -0.05) is 13.8 Å². The second kappa shape index (κ2) is 11.5. The Morgan fingerprint density at radius 1 is 1.04 bits per heavy atom. The first-order chi connectivity index (χ1) is 21.2. The molecule has 14 heteroatoms. The molecule has 2 aliphatic carbocycles. The number of thiazole rings is 1. The van der Waals surface area contributed by atoms with Gasteiger partial charge in [-0.2, -0.15) is 13.2 Å². The fourth-order valence-corrected chi connectivity index (χ4v) is 7.84. The Morgan fingerprint density at radius 3 is 2.24 bits per heavy atom. The number of rotatable bonds is 9. The first kappa shape index (κ1) is 32.2. The number of halogens is 3. The molecule has 3 aliphatic heterocycles. The third-order valence-corrected chi connectivity index (χ3v) is 11.6. The number of aromatic nitrogens is 1. The SMILES string of the molecule is C[C@@H](OCC1(C(F)(F)F)CC1)[C@H](NC(=O)[C@H]1CN(C(=O)c2cncs2)CC12CN(C(=O)[C@H]1CC1(C)C)C2)C(=O)N1CCCCC1. The van der Waals surface area contributed by atoms with Crippen molar-refractivity contribution in [3.63, 3.8) is 0 Å². The number of alkyl halides is 3. The van der Waals surface area contributed by atoms with Crippen LogP contribution in [0.4, 0.5) is 13.2 Å². The van der Waals surface area contributed by atoms with Gasteiger partial charge in [-0.15, -0.1) is 11.3 Å². The molecule has 1 aromatic heterocycles. The first-order valence-corrected chi connectivity index (χ1v) is 16.8. The van der Waals surface area contributed by atoms with Crippen molar-refractivity contribution in [3.05, 3.63) is 16.6 Å². The van der Waals surface area contributed by atoms with E-state index in [2.05, 4.69) is 24.1 Å². The van der Waals surface area contributed by atoms with Crippen LogP contribution < -0.4 is 5.32 Å². The number of carbonyl (C=O) groups excluding carboxylic acids is 4. The summed E-state index contributed by atoms with van der Waals surface area (Å²) in [5, 5.41) is 2.87. The van der Waals surface area contributed by atoms with Crippen molar-refractivity contribution < 1.29 is 37.1 Å². The lowest BCUT2D eigenvalue weighted by Crippen LogP contribution is -2.65. The lowest BCUT2D eigenvalue weighted by molar-refractivity contribution is -0.206. The molecule has 0 radical (unpaired) electrons. The van der Waals surface area contributed by atoms with E-state index in [4.69, 9.17) is 4.74 Å². The number of nitrogens with zero attached hydrogens (tertiary/aromatic N) is 4. The molecule has 4 amide bonds. The summed E-state index contributed by atoms with van der Waals surface area (Å²) >= 11 is 1.20. The van der Waals surface area contributed by atoms with E-state index in [9.17, 15) is 32.3 Å². The van der Waals surface area contributed by atoms with Gasteiger partial charge in [0, 0.05) is 50.6 Å². The van der Waals surface area contributed by atoms with Gasteiger partial charge in [-0.05, 0) is 50.9 Å². The van der Waals surface area contributed by atoms with Crippen molar-refractivity contribution in [3.8, 4) is 0 Å². The fourth-order valence-electron chi connectivity index (χ4n) is 7.25. The van der Waals surface area contributed by atoms with E-state index in [0.29, 0.717) is 31.1 Å². The number of likely N-dealkylation sites (tertiary alicyclic amines) is 3. The lowest BCUT2D eigenvalue weighted by Gasteiger charge is -2.50. The second-order valence-electron chi connectivity index (χ2n) is 14.6. The zero-order valence-corrected chi connectivity index (χ0v) is 26.8. The monoisotopic (exact) mass is 653 g/mol. The molecule has 1 spiro atoms. The van der Waals surface area contributed by atoms with Crippen LogP contribution in [0.1, 0.15) is 69.0 Å². The number of hydrogen-bond donors (Lipinski definition) is 1. The van der Waals surface area contributed by atoms with E-state index in [1.807, 2.05) is 0 Å². The summed E-state index contributed by atoms with van der Waals surface area (Å²) in [4.78, 5) is 63.9. The fraction of sp³-hybridized carbons (Fsp3) is 0.774. The smallest absolute Gasteiger partial charge is 0.375 e. The maximum Gasteiger partial charge on any atom is 0.396 e. The summed E-state index contributed by atoms with van der Waals surface area (Å²) in [5.41, 5.74) is -1.09. The molecule has 1 N–H and O–H groups in total. The quantitative estimate of drug-likeness (QED) is 0.438. The molecule has 1 aromatic rings. The molecule has 248 valence electrons. The van der Waals surface area contributed by atoms with Crippen LogP contribution in [0.25, 0.3) is 0 Å². The molecule has 4 heterocycles. The molecule has 0 bridgehead atoms. The molecule has 4 atom stereocenters. The highest BCUT2D eigenvalue weighted by atomic mass is 32.1. The first-order valence-electron chi connectivity index (χ1n) is 15.9. The molecule has 5 fully saturated rings. The summed E-state index contributed by atoms with van der Waals surface area (Å²) in [5.74, 6) is -1.82. The summed E-state index contributed by atoms with van der Waals surface area (Å²) in [6, 6.07) is -1.19. The minimum absolute atomic E-state index is 0.0260. The molecule has 0 aromatic carbocycles. The van der Waals surface area contributed by atoms with Gasteiger partial charge in [-0.3, -0.25) is 24.2 Å². The minimum atomic E-state index is -4.41. The Balaban J connectivity index is 1.20. The maximum atomic E-state index is 14.1. The number of nitrogens with one attached hydrogen (secondary N) is 1. The van der Waals surface area contributed by atoms with Crippen LogP contribution in [0.3, 0.4) is 0 Å². The van der Waals surface area contributed by atoms with Gasteiger partial charge in [0.05, 0.1) is 35.8 Å². The average molecular weight is 654 g/mol. The van der Waals surface area contributed by atoms with E-state index in [1.54, 1.807) is 20.2 Å². The van der Waals surface area contributed by atoms with Gasteiger partial charge >= 0.3 is 6.18 Å². The van der Waals surface area contributed by atoms with Gasteiger partial charge in [0.25, 0.3) is 5.91 Å². The van der Waals surface area contributed by atoms with Crippen LogP contribution in [0, 0.1) is 28.1 Å². The standard InChI is InChI=1S/C31H42F3N5O5S/c1-19(44-17-30(7-8-30)31(32,33)34)23(27(43)37-9-5-4-6-10-37)36-24(40)21-13-38(26(42)22-12-35-18-45-22)14-29(21)15-39(16-29)25(41)20-11-28(20,2)3/h12,18-21,23H,4-11,13-17H2,1-3H3,(H,36,40)/t19-,20-,21-,23+/m1/s1. The molecule has 5 aliphatic rings.